The lowest BCUT2D eigenvalue weighted by molar-refractivity contribution is -0.118. The molecule has 0 saturated carbocycles. The number of aromatic nitrogens is 1. The standard InChI is InChI=1S/C20H19ClN2O3S/c1-25-11-10-14-6-8-15(9-7-14)17-13-27-20(22-17)23-19(24)12-26-18-5-3-2-4-16(18)21/h2-9,13H,10-12H2,1H3,(H,22,23,24). The molecule has 0 radical (unpaired) electrons. The van der Waals surface area contributed by atoms with Crippen molar-refractivity contribution in [2.24, 2.45) is 0 Å². The van der Waals surface area contributed by atoms with Gasteiger partial charge in [-0.2, -0.15) is 0 Å². The van der Waals surface area contributed by atoms with E-state index in [9.17, 15) is 4.79 Å². The van der Waals surface area contributed by atoms with Gasteiger partial charge in [0.25, 0.3) is 5.91 Å². The van der Waals surface area contributed by atoms with Crippen molar-refractivity contribution in [2.45, 2.75) is 6.42 Å². The maximum absolute atomic E-state index is 12.1. The summed E-state index contributed by atoms with van der Waals surface area (Å²) in [5.74, 6) is 0.188. The summed E-state index contributed by atoms with van der Waals surface area (Å²) < 4.78 is 10.5. The number of hydrogen-bond donors (Lipinski definition) is 1. The van der Waals surface area contributed by atoms with E-state index in [-0.39, 0.29) is 12.5 Å². The molecular weight excluding hydrogens is 384 g/mol. The third-order valence-electron chi connectivity index (χ3n) is 3.79. The number of nitrogens with zero attached hydrogens (tertiary/aromatic N) is 1. The van der Waals surface area contributed by atoms with Crippen molar-refractivity contribution in [3.63, 3.8) is 0 Å². The summed E-state index contributed by atoms with van der Waals surface area (Å²) in [7, 11) is 1.69. The number of anilines is 1. The van der Waals surface area contributed by atoms with E-state index in [4.69, 9.17) is 21.1 Å². The zero-order chi connectivity index (χ0) is 19.1. The van der Waals surface area contributed by atoms with Crippen molar-refractivity contribution in [3.05, 3.63) is 64.5 Å². The molecule has 1 amide bonds. The number of carbonyl (C=O) groups is 1. The zero-order valence-electron chi connectivity index (χ0n) is 14.8. The Bertz CT molecular complexity index is 896. The SMILES string of the molecule is COCCc1ccc(-c2csc(NC(=O)COc3ccccc3Cl)n2)cc1. The minimum Gasteiger partial charge on any atom is -0.482 e. The van der Waals surface area contributed by atoms with Crippen LogP contribution in [-0.2, 0) is 16.0 Å². The van der Waals surface area contributed by atoms with Crippen LogP contribution in [0.3, 0.4) is 0 Å². The number of halogens is 1. The van der Waals surface area contributed by atoms with Crippen molar-refractivity contribution >= 4 is 34.0 Å². The molecule has 27 heavy (non-hydrogen) atoms. The fourth-order valence-electron chi connectivity index (χ4n) is 2.39. The number of rotatable bonds is 8. The molecular formula is C20H19ClN2O3S. The Morgan fingerprint density at radius 3 is 2.70 bits per heavy atom. The Morgan fingerprint density at radius 1 is 1.19 bits per heavy atom. The van der Waals surface area contributed by atoms with E-state index < -0.39 is 0 Å². The highest BCUT2D eigenvalue weighted by Crippen LogP contribution is 2.26. The number of para-hydroxylation sites is 1. The fraction of sp³-hybridized carbons (Fsp3) is 0.200. The van der Waals surface area contributed by atoms with Crippen LogP contribution >= 0.6 is 22.9 Å². The molecule has 3 rings (SSSR count). The van der Waals surface area contributed by atoms with E-state index in [1.807, 2.05) is 17.5 Å². The maximum Gasteiger partial charge on any atom is 0.264 e. The van der Waals surface area contributed by atoms with Gasteiger partial charge in [-0.15, -0.1) is 11.3 Å². The third kappa shape index (κ3) is 5.53. The molecule has 3 aromatic rings. The van der Waals surface area contributed by atoms with E-state index in [1.165, 1.54) is 16.9 Å². The van der Waals surface area contributed by atoms with E-state index >= 15 is 0 Å². The molecule has 0 saturated heterocycles. The summed E-state index contributed by atoms with van der Waals surface area (Å²) in [6.45, 7) is 0.565. The molecule has 0 fully saturated rings. The van der Waals surface area contributed by atoms with Gasteiger partial charge in [0.1, 0.15) is 5.75 Å². The van der Waals surface area contributed by atoms with Crippen molar-refractivity contribution in [1.29, 1.82) is 0 Å². The molecule has 7 heteroatoms. The van der Waals surface area contributed by atoms with Crippen LogP contribution in [0.1, 0.15) is 5.56 Å². The molecule has 2 aromatic carbocycles. The quantitative estimate of drug-likeness (QED) is 0.594. The average molecular weight is 403 g/mol. The van der Waals surface area contributed by atoms with Crippen LogP contribution in [0.2, 0.25) is 5.02 Å². The molecule has 0 aliphatic rings. The van der Waals surface area contributed by atoms with Gasteiger partial charge in [0, 0.05) is 18.1 Å². The second kappa shape index (κ2) is 9.50. The van der Waals surface area contributed by atoms with E-state index in [0.717, 1.165) is 17.7 Å². The lowest BCUT2D eigenvalue weighted by atomic mass is 10.1. The second-order valence-corrected chi connectivity index (χ2v) is 7.01. The monoisotopic (exact) mass is 402 g/mol. The van der Waals surface area contributed by atoms with E-state index in [1.54, 1.807) is 31.4 Å². The molecule has 0 aliphatic carbocycles. The lowest BCUT2D eigenvalue weighted by Gasteiger charge is -2.07. The van der Waals surface area contributed by atoms with Crippen molar-refractivity contribution in [2.75, 3.05) is 25.6 Å². The van der Waals surface area contributed by atoms with Gasteiger partial charge in [0.15, 0.2) is 11.7 Å². The molecule has 1 N–H and O–H groups in total. The second-order valence-electron chi connectivity index (χ2n) is 5.74. The minimum atomic E-state index is -0.286. The Labute approximate surface area is 166 Å². The highest BCUT2D eigenvalue weighted by Gasteiger charge is 2.10. The van der Waals surface area contributed by atoms with Gasteiger partial charge in [-0.1, -0.05) is 48.0 Å². The van der Waals surface area contributed by atoms with Gasteiger partial charge in [-0.05, 0) is 24.1 Å². The summed E-state index contributed by atoms with van der Waals surface area (Å²) in [5, 5.41) is 5.65. The summed E-state index contributed by atoms with van der Waals surface area (Å²) in [6, 6.07) is 15.2. The number of carbonyl (C=O) groups excluding carboxylic acids is 1. The molecule has 0 unspecified atom stereocenters. The Hall–Kier alpha value is -2.41. The number of methoxy groups -OCH3 is 1. The van der Waals surface area contributed by atoms with Crippen LogP contribution in [0.15, 0.2) is 53.9 Å². The molecule has 0 spiro atoms. The van der Waals surface area contributed by atoms with Crippen LogP contribution in [-0.4, -0.2) is 31.2 Å². The van der Waals surface area contributed by atoms with E-state index in [2.05, 4.69) is 22.4 Å². The van der Waals surface area contributed by atoms with Gasteiger partial charge in [-0.25, -0.2) is 4.98 Å². The topological polar surface area (TPSA) is 60.5 Å². The molecule has 5 nitrogen and oxygen atoms in total. The molecule has 1 heterocycles. The molecule has 1 aromatic heterocycles. The van der Waals surface area contributed by atoms with Crippen LogP contribution in [0.4, 0.5) is 5.13 Å². The molecule has 0 atom stereocenters. The maximum atomic E-state index is 12.1. The number of ether oxygens (including phenoxy) is 2. The zero-order valence-corrected chi connectivity index (χ0v) is 16.3. The molecule has 140 valence electrons. The minimum absolute atomic E-state index is 0.132. The molecule has 0 bridgehead atoms. The summed E-state index contributed by atoms with van der Waals surface area (Å²) in [5.41, 5.74) is 3.03. The van der Waals surface area contributed by atoms with Gasteiger partial charge in [0.05, 0.1) is 17.3 Å². The first-order valence-corrected chi connectivity index (χ1v) is 9.62. The third-order valence-corrected chi connectivity index (χ3v) is 4.86. The summed E-state index contributed by atoms with van der Waals surface area (Å²) >= 11 is 7.38. The number of amides is 1. The Kier molecular flexibility index (Phi) is 6.81. The number of nitrogens with one attached hydrogen (secondary N) is 1. The predicted molar refractivity (Wildman–Crippen MR) is 109 cm³/mol. The van der Waals surface area contributed by atoms with Gasteiger partial charge in [0.2, 0.25) is 0 Å². The Balaban J connectivity index is 1.55. The summed E-state index contributed by atoms with van der Waals surface area (Å²) in [4.78, 5) is 16.5. The number of benzene rings is 2. The van der Waals surface area contributed by atoms with Gasteiger partial charge >= 0.3 is 0 Å². The first kappa shape index (κ1) is 19.4. The largest absolute Gasteiger partial charge is 0.482 e. The fourth-order valence-corrected chi connectivity index (χ4v) is 3.31. The van der Waals surface area contributed by atoms with Crippen molar-refractivity contribution in [3.8, 4) is 17.0 Å². The van der Waals surface area contributed by atoms with Crippen molar-refractivity contribution in [1.82, 2.24) is 4.98 Å². The molecule has 0 aliphatic heterocycles. The number of thiazole rings is 1. The first-order chi connectivity index (χ1) is 13.2. The number of hydrogen-bond acceptors (Lipinski definition) is 5. The first-order valence-electron chi connectivity index (χ1n) is 8.36. The average Bonchev–Trinajstić information content (AvgIpc) is 3.14. The van der Waals surface area contributed by atoms with E-state index in [0.29, 0.717) is 22.5 Å². The Morgan fingerprint density at radius 2 is 1.96 bits per heavy atom. The van der Waals surface area contributed by atoms with Gasteiger partial charge < -0.3 is 9.47 Å². The smallest absolute Gasteiger partial charge is 0.264 e. The van der Waals surface area contributed by atoms with Crippen LogP contribution in [0.25, 0.3) is 11.3 Å². The van der Waals surface area contributed by atoms with Crippen LogP contribution in [0, 0.1) is 0 Å². The highest BCUT2D eigenvalue weighted by atomic mass is 35.5. The van der Waals surface area contributed by atoms with Crippen LogP contribution in [0.5, 0.6) is 5.75 Å². The van der Waals surface area contributed by atoms with Crippen molar-refractivity contribution < 1.29 is 14.3 Å². The lowest BCUT2D eigenvalue weighted by Crippen LogP contribution is -2.20. The van der Waals surface area contributed by atoms with Crippen LogP contribution < -0.4 is 10.1 Å². The predicted octanol–water partition coefficient (Wildman–Crippen LogP) is 4.67. The van der Waals surface area contributed by atoms with Gasteiger partial charge in [-0.3, -0.25) is 10.1 Å². The summed E-state index contributed by atoms with van der Waals surface area (Å²) in [6.07, 6.45) is 0.876. The highest BCUT2D eigenvalue weighted by molar-refractivity contribution is 7.14. The normalized spacial score (nSPS) is 10.6.